The number of carbonyl (C=O) groups excluding carboxylic acids is 1. The Labute approximate surface area is 119 Å². The van der Waals surface area contributed by atoms with Crippen LogP contribution in [0.1, 0.15) is 53.8 Å². The van der Waals surface area contributed by atoms with Crippen molar-refractivity contribution in [2.24, 2.45) is 0 Å². The predicted molar refractivity (Wildman–Crippen MR) is 78.8 cm³/mol. The minimum atomic E-state index is 0.0465. The molecule has 0 aliphatic heterocycles. The molecule has 1 aromatic heterocycles. The molecule has 19 heavy (non-hydrogen) atoms. The molecule has 0 radical (unpaired) electrons. The molecule has 0 spiro atoms. The first-order valence-electron chi connectivity index (χ1n) is 7.21. The molecule has 0 unspecified atom stereocenters. The van der Waals surface area contributed by atoms with Crippen molar-refractivity contribution in [3.05, 3.63) is 21.9 Å². The van der Waals surface area contributed by atoms with Gasteiger partial charge in [-0.3, -0.25) is 4.79 Å². The monoisotopic (exact) mass is 281 g/mol. The number of carbonyl (C=O) groups is 1. The molecule has 1 fully saturated rings. The molecule has 1 heterocycles. The van der Waals surface area contributed by atoms with Gasteiger partial charge in [0, 0.05) is 13.2 Å². The standard InChI is InChI=1S/C15H23NO2S/c1-12-8-11-19-14(12)15(17)16-9-5-10-18-13-6-3-2-4-7-13/h8,11,13H,2-7,9-10H2,1H3,(H,16,17). The second kappa shape index (κ2) is 7.65. The Kier molecular flexibility index (Phi) is 5.86. The molecule has 0 atom stereocenters. The first-order chi connectivity index (χ1) is 9.27. The Morgan fingerprint density at radius 3 is 2.89 bits per heavy atom. The average Bonchev–Trinajstić information content (AvgIpc) is 2.86. The summed E-state index contributed by atoms with van der Waals surface area (Å²) in [6.45, 7) is 3.43. The fourth-order valence-corrected chi connectivity index (χ4v) is 3.28. The summed E-state index contributed by atoms with van der Waals surface area (Å²) in [7, 11) is 0. The molecule has 1 N–H and O–H groups in total. The zero-order chi connectivity index (χ0) is 13.5. The van der Waals surface area contributed by atoms with Gasteiger partial charge in [-0.15, -0.1) is 11.3 Å². The predicted octanol–water partition coefficient (Wildman–Crippen LogP) is 3.53. The van der Waals surface area contributed by atoms with Gasteiger partial charge in [-0.1, -0.05) is 19.3 Å². The van der Waals surface area contributed by atoms with E-state index in [1.807, 2.05) is 18.4 Å². The highest BCUT2D eigenvalue weighted by molar-refractivity contribution is 7.12. The number of rotatable bonds is 6. The van der Waals surface area contributed by atoms with Crippen LogP contribution in [0, 0.1) is 6.92 Å². The third-order valence-electron chi connectivity index (χ3n) is 3.58. The lowest BCUT2D eigenvalue weighted by molar-refractivity contribution is 0.0273. The third kappa shape index (κ3) is 4.62. The van der Waals surface area contributed by atoms with E-state index in [1.165, 1.54) is 43.4 Å². The van der Waals surface area contributed by atoms with E-state index in [0.717, 1.165) is 23.5 Å². The molecule has 3 nitrogen and oxygen atoms in total. The molecule has 4 heteroatoms. The smallest absolute Gasteiger partial charge is 0.261 e. The van der Waals surface area contributed by atoms with Crippen molar-refractivity contribution in [1.29, 1.82) is 0 Å². The molecule has 0 bridgehead atoms. The van der Waals surface area contributed by atoms with Gasteiger partial charge in [-0.2, -0.15) is 0 Å². The van der Waals surface area contributed by atoms with Crippen molar-refractivity contribution in [3.63, 3.8) is 0 Å². The maximum absolute atomic E-state index is 11.8. The number of aryl methyl sites for hydroxylation is 1. The summed E-state index contributed by atoms with van der Waals surface area (Å²) >= 11 is 1.50. The van der Waals surface area contributed by atoms with Crippen LogP contribution in [0.25, 0.3) is 0 Å². The Morgan fingerprint density at radius 1 is 1.42 bits per heavy atom. The van der Waals surface area contributed by atoms with Crippen LogP contribution in [0.3, 0.4) is 0 Å². The Balaban J connectivity index is 1.56. The van der Waals surface area contributed by atoms with Gasteiger partial charge in [0.15, 0.2) is 0 Å². The summed E-state index contributed by atoms with van der Waals surface area (Å²) in [5.74, 6) is 0.0465. The van der Waals surface area contributed by atoms with Crippen molar-refractivity contribution < 1.29 is 9.53 Å². The lowest BCUT2D eigenvalue weighted by atomic mass is 9.98. The second-order valence-electron chi connectivity index (χ2n) is 5.17. The van der Waals surface area contributed by atoms with Crippen LogP contribution in [0.4, 0.5) is 0 Å². The molecule has 1 saturated carbocycles. The normalized spacial score (nSPS) is 16.5. The van der Waals surface area contributed by atoms with E-state index in [1.54, 1.807) is 0 Å². The molecule has 1 aromatic rings. The number of thiophene rings is 1. The highest BCUT2D eigenvalue weighted by Crippen LogP contribution is 2.20. The van der Waals surface area contributed by atoms with Crippen LogP contribution in [0.15, 0.2) is 11.4 Å². The van der Waals surface area contributed by atoms with Gasteiger partial charge in [0.25, 0.3) is 5.91 Å². The number of amides is 1. The van der Waals surface area contributed by atoms with Crippen LogP contribution in [0.2, 0.25) is 0 Å². The van der Waals surface area contributed by atoms with E-state index in [2.05, 4.69) is 5.32 Å². The summed E-state index contributed by atoms with van der Waals surface area (Å²) < 4.78 is 5.83. The molecule has 1 aliphatic rings. The van der Waals surface area contributed by atoms with E-state index in [9.17, 15) is 4.79 Å². The number of ether oxygens (including phenoxy) is 1. The van der Waals surface area contributed by atoms with Crippen molar-refractivity contribution in [3.8, 4) is 0 Å². The van der Waals surface area contributed by atoms with Crippen LogP contribution >= 0.6 is 11.3 Å². The van der Waals surface area contributed by atoms with Crippen LogP contribution < -0.4 is 5.32 Å². The largest absolute Gasteiger partial charge is 0.378 e. The number of hydrogen-bond donors (Lipinski definition) is 1. The maximum atomic E-state index is 11.8. The van der Waals surface area contributed by atoms with Crippen LogP contribution in [-0.2, 0) is 4.74 Å². The molecule has 2 rings (SSSR count). The van der Waals surface area contributed by atoms with E-state index in [-0.39, 0.29) is 5.91 Å². The summed E-state index contributed by atoms with van der Waals surface area (Å²) in [6.07, 6.45) is 7.74. The highest BCUT2D eigenvalue weighted by Gasteiger charge is 2.13. The van der Waals surface area contributed by atoms with Crippen molar-refractivity contribution in [2.75, 3.05) is 13.2 Å². The summed E-state index contributed by atoms with van der Waals surface area (Å²) in [4.78, 5) is 12.7. The Bertz CT molecular complexity index is 397. The highest BCUT2D eigenvalue weighted by atomic mass is 32.1. The lowest BCUT2D eigenvalue weighted by Gasteiger charge is -2.21. The molecule has 106 valence electrons. The van der Waals surface area contributed by atoms with Gasteiger partial charge in [0.1, 0.15) is 0 Å². The minimum absolute atomic E-state index is 0.0465. The quantitative estimate of drug-likeness (QED) is 0.810. The van der Waals surface area contributed by atoms with Crippen LogP contribution in [0.5, 0.6) is 0 Å². The average molecular weight is 281 g/mol. The van der Waals surface area contributed by atoms with Crippen molar-refractivity contribution in [2.45, 2.75) is 51.6 Å². The fraction of sp³-hybridized carbons (Fsp3) is 0.667. The molecule has 1 amide bonds. The van der Waals surface area contributed by atoms with Crippen molar-refractivity contribution >= 4 is 17.2 Å². The fourth-order valence-electron chi connectivity index (χ4n) is 2.44. The van der Waals surface area contributed by atoms with Gasteiger partial charge >= 0.3 is 0 Å². The molecule has 1 aliphatic carbocycles. The zero-order valence-corrected chi connectivity index (χ0v) is 12.4. The van der Waals surface area contributed by atoms with E-state index < -0.39 is 0 Å². The molecular weight excluding hydrogens is 258 g/mol. The zero-order valence-electron chi connectivity index (χ0n) is 11.6. The Morgan fingerprint density at radius 2 is 2.21 bits per heavy atom. The SMILES string of the molecule is Cc1ccsc1C(=O)NCCCOC1CCCCC1. The molecule has 0 aromatic carbocycles. The Hall–Kier alpha value is -0.870. The summed E-state index contributed by atoms with van der Waals surface area (Å²) in [5.41, 5.74) is 1.06. The topological polar surface area (TPSA) is 38.3 Å². The first kappa shape index (κ1) is 14.5. The van der Waals surface area contributed by atoms with Gasteiger partial charge in [0.05, 0.1) is 11.0 Å². The van der Waals surface area contributed by atoms with Gasteiger partial charge < -0.3 is 10.1 Å². The van der Waals surface area contributed by atoms with Crippen molar-refractivity contribution in [1.82, 2.24) is 5.32 Å². The molecular formula is C15H23NO2S. The number of hydrogen-bond acceptors (Lipinski definition) is 3. The summed E-state index contributed by atoms with van der Waals surface area (Å²) in [6, 6.07) is 1.98. The van der Waals surface area contributed by atoms with Crippen LogP contribution in [-0.4, -0.2) is 25.2 Å². The minimum Gasteiger partial charge on any atom is -0.378 e. The lowest BCUT2D eigenvalue weighted by Crippen LogP contribution is -2.26. The van der Waals surface area contributed by atoms with E-state index in [0.29, 0.717) is 12.6 Å². The van der Waals surface area contributed by atoms with Gasteiger partial charge in [-0.25, -0.2) is 0 Å². The summed E-state index contributed by atoms with van der Waals surface area (Å²) in [5, 5.41) is 4.91. The third-order valence-corrected chi connectivity index (χ3v) is 4.60. The first-order valence-corrected chi connectivity index (χ1v) is 8.09. The van der Waals surface area contributed by atoms with Gasteiger partial charge in [-0.05, 0) is 43.2 Å². The van der Waals surface area contributed by atoms with E-state index in [4.69, 9.17) is 4.74 Å². The van der Waals surface area contributed by atoms with Gasteiger partial charge in [0.2, 0.25) is 0 Å². The maximum Gasteiger partial charge on any atom is 0.261 e. The second-order valence-corrected chi connectivity index (χ2v) is 6.09. The number of nitrogens with one attached hydrogen (secondary N) is 1. The molecule has 0 saturated heterocycles. The van der Waals surface area contributed by atoms with E-state index >= 15 is 0 Å².